The number of para-hydroxylation sites is 1. The van der Waals surface area contributed by atoms with Crippen LogP contribution in [0, 0.1) is 0 Å². The Kier molecular flexibility index (Phi) is 7.41. The predicted molar refractivity (Wildman–Crippen MR) is 104 cm³/mol. The zero-order valence-corrected chi connectivity index (χ0v) is 15.4. The summed E-state index contributed by atoms with van der Waals surface area (Å²) in [7, 11) is 0. The topological polar surface area (TPSA) is 63.2 Å². The first-order valence-corrected chi connectivity index (χ1v) is 8.94. The molecule has 0 aliphatic rings. The first kappa shape index (κ1) is 18.9. The van der Waals surface area contributed by atoms with Crippen molar-refractivity contribution in [2.45, 2.75) is 33.3 Å². The molecule has 134 valence electrons. The molecule has 0 aliphatic carbocycles. The predicted octanol–water partition coefficient (Wildman–Crippen LogP) is 5.06. The van der Waals surface area contributed by atoms with Gasteiger partial charge in [0.2, 0.25) is 0 Å². The Hall–Kier alpha value is -2.40. The van der Waals surface area contributed by atoms with Gasteiger partial charge in [-0.05, 0) is 56.7 Å². The molecule has 0 bridgehead atoms. The van der Waals surface area contributed by atoms with Crippen molar-refractivity contribution in [2.24, 2.45) is 16.0 Å². The van der Waals surface area contributed by atoms with Crippen LogP contribution in [0.3, 0.4) is 0 Å². The number of hydrogen-bond donors (Lipinski definition) is 1. The highest BCUT2D eigenvalue weighted by Crippen LogP contribution is 2.30. The highest BCUT2D eigenvalue weighted by Gasteiger charge is 2.09. The molecule has 1 unspecified atom stereocenters. The molecular formula is C20H28N4O. The lowest BCUT2D eigenvalue weighted by molar-refractivity contribution is 0.206. The average molecular weight is 340 g/mol. The zero-order chi connectivity index (χ0) is 18.1. The largest absolute Gasteiger partial charge is 0.487 e. The van der Waals surface area contributed by atoms with Crippen molar-refractivity contribution in [3.05, 3.63) is 48.5 Å². The van der Waals surface area contributed by atoms with Gasteiger partial charge in [0.15, 0.2) is 0 Å². The summed E-state index contributed by atoms with van der Waals surface area (Å²) in [6.45, 7) is 8.81. The van der Waals surface area contributed by atoms with Crippen LogP contribution in [0.15, 0.2) is 58.8 Å². The summed E-state index contributed by atoms with van der Waals surface area (Å²) in [5.41, 5.74) is 8.45. The lowest BCUT2D eigenvalue weighted by Gasteiger charge is -2.20. The molecule has 2 rings (SSSR count). The van der Waals surface area contributed by atoms with Crippen LogP contribution in [0.1, 0.15) is 27.2 Å². The summed E-state index contributed by atoms with van der Waals surface area (Å²) >= 11 is 0. The minimum atomic E-state index is -0.00953. The van der Waals surface area contributed by atoms with Gasteiger partial charge in [-0.25, -0.2) is 0 Å². The Balaban J connectivity index is 2.14. The normalized spacial score (nSPS) is 12.3. The van der Waals surface area contributed by atoms with Crippen LogP contribution in [-0.2, 0) is 0 Å². The third-order valence-corrected chi connectivity index (χ3v) is 4.13. The molecule has 2 N–H and O–H groups in total. The highest BCUT2D eigenvalue weighted by molar-refractivity contribution is 5.54. The number of ether oxygens (including phenoxy) is 1. The van der Waals surface area contributed by atoms with Crippen molar-refractivity contribution in [1.29, 1.82) is 0 Å². The fourth-order valence-corrected chi connectivity index (χ4v) is 2.55. The van der Waals surface area contributed by atoms with E-state index in [0.717, 1.165) is 25.2 Å². The van der Waals surface area contributed by atoms with Gasteiger partial charge >= 0.3 is 0 Å². The van der Waals surface area contributed by atoms with E-state index in [2.05, 4.69) is 48.0 Å². The Labute approximate surface area is 150 Å². The lowest BCUT2D eigenvalue weighted by Crippen LogP contribution is -2.25. The third-order valence-electron chi connectivity index (χ3n) is 4.13. The van der Waals surface area contributed by atoms with Crippen molar-refractivity contribution in [1.82, 2.24) is 0 Å². The van der Waals surface area contributed by atoms with Crippen LogP contribution >= 0.6 is 0 Å². The molecule has 0 saturated heterocycles. The summed E-state index contributed by atoms with van der Waals surface area (Å²) in [5.74, 6) is 0.711. The number of nitrogens with two attached hydrogens (primary N) is 1. The van der Waals surface area contributed by atoms with E-state index in [1.54, 1.807) is 0 Å². The minimum Gasteiger partial charge on any atom is -0.487 e. The molecule has 5 nitrogen and oxygen atoms in total. The summed E-state index contributed by atoms with van der Waals surface area (Å²) in [5, 5.41) is 8.70. The zero-order valence-electron chi connectivity index (χ0n) is 15.4. The van der Waals surface area contributed by atoms with Crippen LogP contribution in [0.2, 0.25) is 0 Å². The smallest absolute Gasteiger partial charge is 0.147 e. The van der Waals surface area contributed by atoms with Gasteiger partial charge in [0, 0.05) is 25.3 Å². The van der Waals surface area contributed by atoms with E-state index in [0.29, 0.717) is 18.0 Å². The number of hydrogen-bond acceptors (Lipinski definition) is 5. The summed E-state index contributed by atoms with van der Waals surface area (Å²) < 4.78 is 5.93. The Bertz CT molecular complexity index is 662. The monoisotopic (exact) mass is 340 g/mol. The van der Waals surface area contributed by atoms with Crippen molar-refractivity contribution in [3.8, 4) is 5.75 Å². The second-order valence-electron chi connectivity index (χ2n) is 5.74. The number of nitrogens with zero attached hydrogens (tertiary/aromatic N) is 3. The second kappa shape index (κ2) is 9.79. The minimum absolute atomic E-state index is 0.00953. The van der Waals surface area contributed by atoms with Crippen LogP contribution in [0.4, 0.5) is 17.1 Å². The van der Waals surface area contributed by atoms with E-state index in [1.807, 2.05) is 36.4 Å². The van der Waals surface area contributed by atoms with E-state index in [1.165, 1.54) is 5.69 Å². The molecule has 0 amide bonds. The van der Waals surface area contributed by atoms with Gasteiger partial charge in [0.05, 0.1) is 5.69 Å². The molecule has 0 heterocycles. The van der Waals surface area contributed by atoms with Gasteiger partial charge in [-0.3, -0.25) is 0 Å². The molecule has 0 spiro atoms. The van der Waals surface area contributed by atoms with Crippen molar-refractivity contribution in [3.63, 3.8) is 0 Å². The van der Waals surface area contributed by atoms with E-state index in [4.69, 9.17) is 10.5 Å². The number of rotatable bonds is 9. The Morgan fingerprint density at radius 2 is 1.64 bits per heavy atom. The van der Waals surface area contributed by atoms with Gasteiger partial charge in [-0.15, -0.1) is 5.11 Å². The molecule has 1 atom stereocenters. The number of anilines is 1. The standard InChI is InChI=1S/C20H28N4O/c1-4-18(15-21)25-20-10-8-7-9-19(20)23-22-16-11-13-17(14-12-16)24(5-2)6-3/h7-14,18H,4-6,15,21H2,1-3H3. The molecule has 0 aromatic heterocycles. The van der Waals surface area contributed by atoms with Gasteiger partial charge in [-0.1, -0.05) is 19.1 Å². The Morgan fingerprint density at radius 1 is 0.960 bits per heavy atom. The van der Waals surface area contributed by atoms with E-state index in [9.17, 15) is 0 Å². The average Bonchev–Trinajstić information content (AvgIpc) is 2.67. The first-order valence-electron chi connectivity index (χ1n) is 8.94. The van der Waals surface area contributed by atoms with Gasteiger partial charge in [0.25, 0.3) is 0 Å². The second-order valence-corrected chi connectivity index (χ2v) is 5.74. The number of azo groups is 1. The van der Waals surface area contributed by atoms with Crippen molar-refractivity contribution < 1.29 is 4.74 Å². The van der Waals surface area contributed by atoms with Crippen molar-refractivity contribution >= 4 is 17.1 Å². The SMILES string of the molecule is CCC(CN)Oc1ccccc1N=Nc1ccc(N(CC)CC)cc1. The van der Waals surface area contributed by atoms with Crippen LogP contribution in [0.5, 0.6) is 5.75 Å². The van der Waals surface area contributed by atoms with Gasteiger partial charge in [0.1, 0.15) is 17.5 Å². The maximum Gasteiger partial charge on any atom is 0.147 e. The number of benzene rings is 2. The fourth-order valence-electron chi connectivity index (χ4n) is 2.55. The molecule has 2 aromatic carbocycles. The van der Waals surface area contributed by atoms with E-state index in [-0.39, 0.29) is 6.10 Å². The molecule has 5 heteroatoms. The molecule has 25 heavy (non-hydrogen) atoms. The lowest BCUT2D eigenvalue weighted by atomic mass is 10.2. The third kappa shape index (κ3) is 5.29. The van der Waals surface area contributed by atoms with Gasteiger partial charge in [-0.2, -0.15) is 5.11 Å². The summed E-state index contributed by atoms with van der Waals surface area (Å²) in [4.78, 5) is 2.29. The van der Waals surface area contributed by atoms with Crippen molar-refractivity contribution in [2.75, 3.05) is 24.5 Å². The molecule has 0 aliphatic heterocycles. The van der Waals surface area contributed by atoms with Crippen LogP contribution in [0.25, 0.3) is 0 Å². The maximum absolute atomic E-state index is 5.93. The maximum atomic E-state index is 5.93. The first-order chi connectivity index (χ1) is 12.2. The molecule has 2 aromatic rings. The summed E-state index contributed by atoms with van der Waals surface area (Å²) in [6, 6.07) is 15.8. The van der Waals surface area contributed by atoms with Gasteiger partial charge < -0.3 is 15.4 Å². The Morgan fingerprint density at radius 3 is 2.24 bits per heavy atom. The molecule has 0 fully saturated rings. The quantitative estimate of drug-likeness (QED) is 0.649. The van der Waals surface area contributed by atoms with Crippen LogP contribution < -0.4 is 15.4 Å². The summed E-state index contributed by atoms with van der Waals surface area (Å²) in [6.07, 6.45) is 0.846. The van der Waals surface area contributed by atoms with E-state index < -0.39 is 0 Å². The van der Waals surface area contributed by atoms with E-state index >= 15 is 0 Å². The highest BCUT2D eigenvalue weighted by atomic mass is 16.5. The molecular weight excluding hydrogens is 312 g/mol. The molecule has 0 saturated carbocycles. The fraction of sp³-hybridized carbons (Fsp3) is 0.400. The van der Waals surface area contributed by atoms with Crippen LogP contribution in [-0.4, -0.2) is 25.7 Å². The molecule has 0 radical (unpaired) electrons.